The molecule has 0 atom stereocenters. The highest BCUT2D eigenvalue weighted by Crippen LogP contribution is 2.17. The summed E-state index contributed by atoms with van der Waals surface area (Å²) < 4.78 is 2.22. The highest BCUT2D eigenvalue weighted by Gasteiger charge is 2.14. The first-order chi connectivity index (χ1) is 18.2. The van der Waals surface area contributed by atoms with Gasteiger partial charge in [-0.25, -0.2) is 9.97 Å². The molecule has 1 aliphatic heterocycles. The van der Waals surface area contributed by atoms with Crippen molar-refractivity contribution in [2.75, 3.05) is 49.9 Å². The number of anilines is 2. The van der Waals surface area contributed by atoms with Crippen LogP contribution in [0.1, 0.15) is 75.6 Å². The van der Waals surface area contributed by atoms with Crippen molar-refractivity contribution in [1.82, 2.24) is 35.5 Å². The Hall–Kier alpha value is -2.23. The zero-order valence-corrected chi connectivity index (χ0v) is 22.9. The molecule has 37 heavy (non-hydrogen) atoms. The fraction of sp³-hybridized carbons (Fsp3) is 0.750. The lowest BCUT2D eigenvalue weighted by Gasteiger charge is -2.24. The first-order valence-corrected chi connectivity index (χ1v) is 14.8. The summed E-state index contributed by atoms with van der Waals surface area (Å²) in [6, 6.07) is 3.29. The van der Waals surface area contributed by atoms with Crippen LogP contribution in [0.2, 0.25) is 0 Å². The number of imidazole rings is 1. The third kappa shape index (κ3) is 10.6. The van der Waals surface area contributed by atoms with Gasteiger partial charge in [0.1, 0.15) is 5.82 Å². The second-order valence-corrected chi connectivity index (χ2v) is 10.8. The van der Waals surface area contributed by atoms with Gasteiger partial charge in [-0.15, -0.1) is 0 Å². The largest absolute Gasteiger partial charge is 0.367 e. The molecule has 0 radical (unpaired) electrons. The number of hydrogen-bond acceptors (Lipinski definition) is 8. The van der Waals surface area contributed by atoms with E-state index in [9.17, 15) is 0 Å². The molecule has 0 spiro atoms. The first kappa shape index (κ1) is 27.8. The highest BCUT2D eigenvalue weighted by molar-refractivity contribution is 5.43. The van der Waals surface area contributed by atoms with Crippen LogP contribution >= 0.6 is 0 Å². The number of aryl methyl sites for hydroxylation is 2. The van der Waals surface area contributed by atoms with Crippen molar-refractivity contribution in [1.29, 1.82) is 0 Å². The van der Waals surface area contributed by atoms with E-state index in [2.05, 4.69) is 52.3 Å². The Morgan fingerprint density at radius 1 is 0.919 bits per heavy atom. The number of nitrogens with zero attached hydrogens (tertiary/aromatic N) is 4. The third-order valence-corrected chi connectivity index (χ3v) is 7.48. The molecule has 1 saturated heterocycles. The van der Waals surface area contributed by atoms with Gasteiger partial charge >= 0.3 is 0 Å². The van der Waals surface area contributed by atoms with E-state index in [1.807, 2.05) is 19.3 Å². The summed E-state index contributed by atoms with van der Waals surface area (Å²) in [4.78, 5) is 13.8. The molecule has 0 bridgehead atoms. The predicted molar refractivity (Wildman–Crippen MR) is 152 cm³/mol. The summed E-state index contributed by atoms with van der Waals surface area (Å²) in [6.45, 7) is 9.31. The minimum Gasteiger partial charge on any atom is -0.367 e. The summed E-state index contributed by atoms with van der Waals surface area (Å²) in [7, 11) is 0. The van der Waals surface area contributed by atoms with E-state index in [1.54, 1.807) is 0 Å². The number of piperidine rings is 1. The monoisotopic (exact) mass is 511 g/mol. The Morgan fingerprint density at radius 3 is 2.62 bits per heavy atom. The number of aromatic nitrogens is 4. The van der Waals surface area contributed by atoms with E-state index >= 15 is 0 Å². The van der Waals surface area contributed by atoms with Crippen LogP contribution < -0.4 is 26.6 Å². The number of rotatable bonds is 16. The van der Waals surface area contributed by atoms with Gasteiger partial charge < -0.3 is 31.2 Å². The second-order valence-electron chi connectivity index (χ2n) is 10.8. The van der Waals surface area contributed by atoms with Crippen LogP contribution in [0.4, 0.5) is 11.8 Å². The minimum atomic E-state index is 0.483. The average molecular weight is 512 g/mol. The quantitative estimate of drug-likeness (QED) is 0.218. The van der Waals surface area contributed by atoms with Gasteiger partial charge in [0.05, 0.1) is 12.0 Å². The SMILES string of the molecule is Cc1cc(NC2CCNCC2)nc(NCCc2cn(CCCCNCCCNC3CCCCC3)cn2)n1. The van der Waals surface area contributed by atoms with Crippen molar-refractivity contribution in [3.63, 3.8) is 0 Å². The molecular weight excluding hydrogens is 462 g/mol. The van der Waals surface area contributed by atoms with E-state index in [0.717, 1.165) is 88.3 Å². The zero-order valence-electron chi connectivity index (χ0n) is 22.9. The van der Waals surface area contributed by atoms with E-state index in [-0.39, 0.29) is 0 Å². The Bertz CT molecular complexity index is 888. The standard InChI is InChI=1S/C28H49N9/c1-23-20-27(35-25-10-16-30-17-11-25)36-28(34-23)32-18-12-26-21-37(22-33-26)19-6-5-13-29-14-7-15-31-24-8-3-2-4-9-24/h20-22,24-25,29-31H,2-19H2,1H3,(H2,32,34,35,36). The Morgan fingerprint density at radius 2 is 1.76 bits per heavy atom. The van der Waals surface area contributed by atoms with E-state index < -0.39 is 0 Å². The number of hydrogen-bond donors (Lipinski definition) is 5. The molecule has 206 valence electrons. The van der Waals surface area contributed by atoms with Crippen LogP contribution in [-0.2, 0) is 13.0 Å². The maximum Gasteiger partial charge on any atom is 0.224 e. The molecule has 0 aromatic carbocycles. The van der Waals surface area contributed by atoms with Crippen LogP contribution in [0.3, 0.4) is 0 Å². The molecule has 1 aliphatic carbocycles. The molecule has 0 unspecified atom stereocenters. The molecule has 5 N–H and O–H groups in total. The lowest BCUT2D eigenvalue weighted by molar-refractivity contribution is 0.371. The van der Waals surface area contributed by atoms with Crippen LogP contribution in [0, 0.1) is 6.92 Å². The lowest BCUT2D eigenvalue weighted by atomic mass is 9.95. The molecule has 0 amide bonds. The van der Waals surface area contributed by atoms with Crippen LogP contribution in [-0.4, -0.2) is 70.9 Å². The molecule has 9 heteroatoms. The van der Waals surface area contributed by atoms with Crippen molar-refractivity contribution < 1.29 is 0 Å². The summed E-state index contributed by atoms with van der Waals surface area (Å²) in [5.74, 6) is 1.60. The lowest BCUT2D eigenvalue weighted by Crippen LogP contribution is -2.35. The number of nitrogens with one attached hydrogen (secondary N) is 5. The van der Waals surface area contributed by atoms with Gasteiger partial charge in [0.2, 0.25) is 5.95 Å². The fourth-order valence-corrected chi connectivity index (χ4v) is 5.35. The van der Waals surface area contributed by atoms with Gasteiger partial charge in [0.15, 0.2) is 0 Å². The summed E-state index contributed by atoms with van der Waals surface area (Å²) >= 11 is 0. The summed E-state index contributed by atoms with van der Waals surface area (Å²) in [5, 5.41) is 17.7. The first-order valence-electron chi connectivity index (χ1n) is 14.8. The van der Waals surface area contributed by atoms with E-state index in [1.165, 1.54) is 51.4 Å². The Kier molecular flexibility index (Phi) is 11.9. The van der Waals surface area contributed by atoms with Crippen molar-refractivity contribution in [3.8, 4) is 0 Å². The Balaban J connectivity index is 1.04. The van der Waals surface area contributed by atoms with Gasteiger partial charge in [-0.3, -0.25) is 0 Å². The van der Waals surface area contributed by atoms with E-state index in [4.69, 9.17) is 0 Å². The van der Waals surface area contributed by atoms with Crippen LogP contribution in [0.5, 0.6) is 0 Å². The molecule has 1 saturated carbocycles. The molecule has 2 aliphatic rings. The smallest absolute Gasteiger partial charge is 0.224 e. The van der Waals surface area contributed by atoms with Crippen molar-refractivity contribution >= 4 is 11.8 Å². The third-order valence-electron chi connectivity index (χ3n) is 7.48. The molecule has 4 rings (SSSR count). The van der Waals surface area contributed by atoms with Gasteiger partial charge in [-0.05, 0) is 84.6 Å². The second kappa shape index (κ2) is 15.9. The van der Waals surface area contributed by atoms with Crippen LogP contribution in [0.15, 0.2) is 18.6 Å². The van der Waals surface area contributed by atoms with Gasteiger partial charge in [-0.2, -0.15) is 4.98 Å². The molecule has 2 aromatic rings. The molecule has 2 fully saturated rings. The highest BCUT2D eigenvalue weighted by atomic mass is 15.2. The van der Waals surface area contributed by atoms with Crippen molar-refractivity contribution in [2.24, 2.45) is 0 Å². The zero-order chi connectivity index (χ0) is 25.5. The summed E-state index contributed by atoms with van der Waals surface area (Å²) in [6.07, 6.45) is 17.8. The number of unbranched alkanes of at least 4 members (excludes halogenated alkanes) is 1. The fourth-order valence-electron chi connectivity index (χ4n) is 5.35. The topological polar surface area (TPSA) is 104 Å². The van der Waals surface area contributed by atoms with E-state index in [0.29, 0.717) is 12.0 Å². The molecule has 9 nitrogen and oxygen atoms in total. The maximum absolute atomic E-state index is 4.68. The average Bonchev–Trinajstić information content (AvgIpc) is 3.36. The normalized spacial score (nSPS) is 17.2. The molecule has 2 aromatic heterocycles. The summed E-state index contributed by atoms with van der Waals surface area (Å²) in [5.41, 5.74) is 2.08. The molecular formula is C28H49N9. The minimum absolute atomic E-state index is 0.483. The molecule has 3 heterocycles. The maximum atomic E-state index is 4.68. The Labute approximate surface area is 223 Å². The van der Waals surface area contributed by atoms with Crippen molar-refractivity contribution in [2.45, 2.75) is 96.2 Å². The van der Waals surface area contributed by atoms with Crippen LogP contribution in [0.25, 0.3) is 0 Å². The van der Waals surface area contributed by atoms with Gasteiger partial charge in [0.25, 0.3) is 0 Å². The van der Waals surface area contributed by atoms with Gasteiger partial charge in [0, 0.05) is 49.6 Å². The predicted octanol–water partition coefficient (Wildman–Crippen LogP) is 3.48. The van der Waals surface area contributed by atoms with Crippen molar-refractivity contribution in [3.05, 3.63) is 30.0 Å². The van der Waals surface area contributed by atoms with Gasteiger partial charge in [-0.1, -0.05) is 19.3 Å².